The Morgan fingerprint density at radius 2 is 2.04 bits per heavy atom. The summed E-state index contributed by atoms with van der Waals surface area (Å²) in [6, 6.07) is 8.75. The molecular weight excluding hydrogens is 387 g/mol. The van der Waals surface area contributed by atoms with Crippen LogP contribution >= 0.6 is 11.3 Å². The van der Waals surface area contributed by atoms with Gasteiger partial charge < -0.3 is 5.32 Å². The van der Waals surface area contributed by atoms with E-state index in [-0.39, 0.29) is 30.6 Å². The Labute approximate surface area is 162 Å². The maximum atomic E-state index is 14.2. The fraction of sp³-hybridized carbons (Fsp3) is 0.263. The average molecular weight is 401 g/mol. The van der Waals surface area contributed by atoms with Crippen molar-refractivity contribution in [2.24, 2.45) is 0 Å². The first-order valence-electron chi connectivity index (χ1n) is 8.53. The molecular formula is C19H14F3N5S. The zero-order valence-electron chi connectivity index (χ0n) is 14.5. The van der Waals surface area contributed by atoms with E-state index in [9.17, 15) is 13.2 Å². The van der Waals surface area contributed by atoms with Crippen molar-refractivity contribution in [1.82, 2.24) is 15.2 Å². The number of halogens is 3. The molecule has 0 amide bonds. The van der Waals surface area contributed by atoms with Crippen molar-refractivity contribution in [2.75, 3.05) is 11.9 Å². The van der Waals surface area contributed by atoms with Crippen molar-refractivity contribution in [1.29, 1.82) is 5.26 Å². The Kier molecular flexibility index (Phi) is 4.73. The third-order valence-corrected chi connectivity index (χ3v) is 5.73. The number of nitrogens with one attached hydrogen (secondary N) is 1. The fourth-order valence-corrected chi connectivity index (χ4v) is 4.15. The molecule has 1 saturated carbocycles. The number of anilines is 1. The number of hydrogen-bond donors (Lipinski definition) is 1. The first kappa shape index (κ1) is 18.4. The molecule has 3 aromatic rings. The van der Waals surface area contributed by atoms with E-state index in [4.69, 9.17) is 5.26 Å². The summed E-state index contributed by atoms with van der Waals surface area (Å²) in [5.41, 5.74) is -0.0339. The van der Waals surface area contributed by atoms with Crippen LogP contribution in [-0.4, -0.2) is 27.9 Å². The SMILES string of the molecule is N#Cc1ccc(F)c(-c2nnc(NC[C@]3(c4ncccc4F)C[C@H](F)C3)s2)c1. The van der Waals surface area contributed by atoms with E-state index in [2.05, 4.69) is 20.5 Å². The topological polar surface area (TPSA) is 74.5 Å². The first-order chi connectivity index (χ1) is 13.5. The van der Waals surface area contributed by atoms with E-state index in [1.54, 1.807) is 0 Å². The van der Waals surface area contributed by atoms with E-state index in [0.29, 0.717) is 15.7 Å². The molecule has 1 aliphatic rings. The lowest BCUT2D eigenvalue weighted by molar-refractivity contribution is 0.0965. The molecule has 0 aliphatic heterocycles. The van der Waals surface area contributed by atoms with Crippen molar-refractivity contribution in [2.45, 2.75) is 24.4 Å². The summed E-state index contributed by atoms with van der Waals surface area (Å²) in [4.78, 5) is 4.11. The molecule has 1 fully saturated rings. The summed E-state index contributed by atoms with van der Waals surface area (Å²) in [6.45, 7) is 0.233. The quantitative estimate of drug-likeness (QED) is 0.693. The number of rotatable bonds is 5. The van der Waals surface area contributed by atoms with Crippen molar-refractivity contribution >= 4 is 16.5 Å². The Hall–Kier alpha value is -2.99. The molecule has 4 rings (SSSR count). The average Bonchev–Trinajstić information content (AvgIpc) is 3.14. The van der Waals surface area contributed by atoms with E-state index in [1.807, 2.05) is 6.07 Å². The van der Waals surface area contributed by atoms with Crippen LogP contribution in [0.2, 0.25) is 0 Å². The molecule has 28 heavy (non-hydrogen) atoms. The summed E-state index contributed by atoms with van der Waals surface area (Å²) in [6.07, 6.45) is 0.812. The van der Waals surface area contributed by atoms with Crippen molar-refractivity contribution in [3.05, 3.63) is 59.4 Å². The molecule has 0 spiro atoms. The normalized spacial score (nSPS) is 21.0. The molecule has 0 unspecified atom stereocenters. The third kappa shape index (κ3) is 3.31. The summed E-state index contributed by atoms with van der Waals surface area (Å²) < 4.78 is 41.9. The highest BCUT2D eigenvalue weighted by Gasteiger charge is 2.48. The zero-order valence-corrected chi connectivity index (χ0v) is 15.3. The lowest BCUT2D eigenvalue weighted by Gasteiger charge is -2.43. The second kappa shape index (κ2) is 7.20. The number of benzene rings is 1. The van der Waals surface area contributed by atoms with E-state index < -0.39 is 23.2 Å². The van der Waals surface area contributed by atoms with Gasteiger partial charge in [0.25, 0.3) is 0 Å². The highest BCUT2D eigenvalue weighted by atomic mass is 32.1. The van der Waals surface area contributed by atoms with Crippen LogP contribution in [0.4, 0.5) is 18.3 Å². The molecule has 2 aromatic heterocycles. The molecule has 1 aliphatic carbocycles. The molecule has 0 atom stereocenters. The number of nitriles is 1. The Bertz CT molecular complexity index is 1060. The minimum absolute atomic E-state index is 0.165. The summed E-state index contributed by atoms with van der Waals surface area (Å²) >= 11 is 1.10. The number of aromatic nitrogens is 3. The van der Waals surface area contributed by atoms with E-state index in [1.165, 1.54) is 36.5 Å². The van der Waals surface area contributed by atoms with E-state index >= 15 is 0 Å². The van der Waals surface area contributed by atoms with Gasteiger partial charge in [-0.2, -0.15) is 5.26 Å². The van der Waals surface area contributed by atoms with Crippen LogP contribution in [0.1, 0.15) is 24.1 Å². The van der Waals surface area contributed by atoms with Gasteiger partial charge in [0.2, 0.25) is 5.13 Å². The summed E-state index contributed by atoms with van der Waals surface area (Å²) in [7, 11) is 0. The molecule has 1 N–H and O–H groups in total. The van der Waals surface area contributed by atoms with Gasteiger partial charge in [-0.3, -0.25) is 4.98 Å². The van der Waals surface area contributed by atoms with Gasteiger partial charge in [0.1, 0.15) is 17.8 Å². The Morgan fingerprint density at radius 3 is 2.75 bits per heavy atom. The smallest absolute Gasteiger partial charge is 0.206 e. The predicted octanol–water partition coefficient (Wildman–Crippen LogP) is 4.23. The molecule has 0 radical (unpaired) electrons. The van der Waals surface area contributed by atoms with Crippen LogP contribution in [0.5, 0.6) is 0 Å². The lowest BCUT2D eigenvalue weighted by Crippen LogP contribution is -2.48. The molecule has 142 valence electrons. The molecule has 0 bridgehead atoms. The highest BCUT2D eigenvalue weighted by Crippen LogP contribution is 2.45. The largest absolute Gasteiger partial charge is 0.359 e. The summed E-state index contributed by atoms with van der Waals surface area (Å²) in [5, 5.41) is 20.7. The van der Waals surface area contributed by atoms with Gasteiger partial charge in [0, 0.05) is 23.7 Å². The van der Waals surface area contributed by atoms with Gasteiger partial charge in [-0.05, 0) is 43.2 Å². The van der Waals surface area contributed by atoms with Crippen molar-refractivity contribution in [3.8, 4) is 16.6 Å². The van der Waals surface area contributed by atoms with Gasteiger partial charge >= 0.3 is 0 Å². The van der Waals surface area contributed by atoms with Gasteiger partial charge in [-0.25, -0.2) is 13.2 Å². The summed E-state index contributed by atoms with van der Waals surface area (Å²) in [5.74, 6) is -0.975. The number of nitrogens with zero attached hydrogens (tertiary/aromatic N) is 4. The van der Waals surface area contributed by atoms with Gasteiger partial charge in [-0.1, -0.05) is 11.3 Å². The van der Waals surface area contributed by atoms with Crippen LogP contribution in [0.3, 0.4) is 0 Å². The second-order valence-corrected chi connectivity index (χ2v) is 7.67. The van der Waals surface area contributed by atoms with Crippen LogP contribution in [-0.2, 0) is 5.41 Å². The van der Waals surface area contributed by atoms with Gasteiger partial charge in [0.15, 0.2) is 5.01 Å². The molecule has 9 heteroatoms. The third-order valence-electron chi connectivity index (χ3n) is 4.81. The number of hydrogen-bond acceptors (Lipinski definition) is 6. The first-order valence-corrected chi connectivity index (χ1v) is 9.35. The monoisotopic (exact) mass is 401 g/mol. The fourth-order valence-electron chi connectivity index (χ4n) is 3.39. The highest BCUT2D eigenvalue weighted by molar-refractivity contribution is 7.18. The zero-order chi connectivity index (χ0) is 19.7. The van der Waals surface area contributed by atoms with Crippen LogP contribution in [0.15, 0.2) is 36.5 Å². The predicted molar refractivity (Wildman–Crippen MR) is 98.5 cm³/mol. The van der Waals surface area contributed by atoms with Gasteiger partial charge in [-0.15, -0.1) is 10.2 Å². The van der Waals surface area contributed by atoms with Gasteiger partial charge in [0.05, 0.1) is 17.3 Å². The minimum Gasteiger partial charge on any atom is -0.359 e. The second-order valence-electron chi connectivity index (χ2n) is 6.69. The Morgan fingerprint density at radius 1 is 1.21 bits per heavy atom. The standard InChI is InChI=1S/C19H14F3N5S/c20-12-7-19(8-12,16-15(22)2-1-5-24-16)10-25-18-27-26-17(28-18)13-6-11(9-23)3-4-14(13)21/h1-6,12H,7-8,10H2,(H,25,27)/t12-,19-. The number of alkyl halides is 1. The lowest BCUT2D eigenvalue weighted by atomic mass is 9.65. The molecule has 5 nitrogen and oxygen atoms in total. The molecule has 2 heterocycles. The maximum absolute atomic E-state index is 14.2. The van der Waals surface area contributed by atoms with Crippen molar-refractivity contribution in [3.63, 3.8) is 0 Å². The molecule has 0 saturated heterocycles. The molecule has 1 aromatic carbocycles. The minimum atomic E-state index is -1.00. The number of pyridine rings is 1. The maximum Gasteiger partial charge on any atom is 0.206 e. The van der Waals surface area contributed by atoms with Crippen LogP contribution in [0.25, 0.3) is 10.6 Å². The Balaban J connectivity index is 1.55. The van der Waals surface area contributed by atoms with Crippen LogP contribution < -0.4 is 5.32 Å². The van der Waals surface area contributed by atoms with E-state index in [0.717, 1.165) is 11.3 Å². The van der Waals surface area contributed by atoms with Crippen molar-refractivity contribution < 1.29 is 13.2 Å². The van der Waals surface area contributed by atoms with Crippen LogP contribution in [0, 0.1) is 23.0 Å².